The first-order valence-corrected chi connectivity index (χ1v) is 7.68. The van der Waals surface area contributed by atoms with Gasteiger partial charge in [-0.25, -0.2) is 9.97 Å². The second-order valence-corrected chi connectivity index (χ2v) is 5.78. The molecule has 0 radical (unpaired) electrons. The molecular formula is C19H13ClN2O. The van der Waals surface area contributed by atoms with Crippen molar-refractivity contribution in [1.29, 1.82) is 0 Å². The molecule has 0 fully saturated rings. The maximum absolute atomic E-state index is 6.13. The summed E-state index contributed by atoms with van der Waals surface area (Å²) in [5.41, 5.74) is 4.12. The highest BCUT2D eigenvalue weighted by Crippen LogP contribution is 2.31. The molecule has 0 N–H and O–H groups in total. The Balaban J connectivity index is 2.01. The zero-order valence-electron chi connectivity index (χ0n) is 12.5. The molecule has 4 heteroatoms. The van der Waals surface area contributed by atoms with Gasteiger partial charge in [0.05, 0.1) is 0 Å². The Morgan fingerprint density at radius 2 is 1.65 bits per heavy atom. The molecule has 0 spiro atoms. The number of nitrogens with zero attached hydrogens (tertiary/aromatic N) is 2. The molecule has 2 aromatic carbocycles. The predicted molar refractivity (Wildman–Crippen MR) is 92.4 cm³/mol. The average Bonchev–Trinajstić information content (AvgIpc) is 2.95. The van der Waals surface area contributed by atoms with Gasteiger partial charge in [-0.1, -0.05) is 54.1 Å². The molecule has 112 valence electrons. The zero-order valence-corrected chi connectivity index (χ0v) is 13.2. The van der Waals surface area contributed by atoms with Gasteiger partial charge in [0.2, 0.25) is 0 Å². The number of aryl methyl sites for hydroxylation is 1. The third kappa shape index (κ3) is 2.60. The van der Waals surface area contributed by atoms with E-state index in [0.717, 1.165) is 28.1 Å². The lowest BCUT2D eigenvalue weighted by Gasteiger charge is -2.06. The van der Waals surface area contributed by atoms with Crippen LogP contribution in [0.1, 0.15) is 5.76 Å². The van der Waals surface area contributed by atoms with Crippen LogP contribution in [0.15, 0.2) is 65.1 Å². The largest absolute Gasteiger partial charge is 0.457 e. The van der Waals surface area contributed by atoms with E-state index in [1.165, 1.54) is 0 Å². The Kier molecular flexibility index (Phi) is 3.36. The first kappa shape index (κ1) is 14.0. The van der Waals surface area contributed by atoms with Gasteiger partial charge in [0.25, 0.3) is 0 Å². The lowest BCUT2D eigenvalue weighted by atomic mass is 10.1. The molecule has 0 saturated heterocycles. The number of rotatable bonds is 2. The summed E-state index contributed by atoms with van der Waals surface area (Å²) in [6.07, 6.45) is 0. The predicted octanol–water partition coefficient (Wildman–Crippen LogP) is 5.52. The average molecular weight is 321 g/mol. The maximum Gasteiger partial charge on any atom is 0.178 e. The van der Waals surface area contributed by atoms with Gasteiger partial charge in [0.1, 0.15) is 17.0 Å². The van der Waals surface area contributed by atoms with Crippen LogP contribution in [0, 0.1) is 6.92 Å². The van der Waals surface area contributed by atoms with Crippen LogP contribution in [0.5, 0.6) is 0 Å². The summed E-state index contributed by atoms with van der Waals surface area (Å²) in [5.74, 6) is 1.48. The van der Waals surface area contributed by atoms with E-state index >= 15 is 0 Å². The molecule has 0 aliphatic rings. The van der Waals surface area contributed by atoms with Crippen LogP contribution in [0.2, 0.25) is 5.02 Å². The second kappa shape index (κ2) is 5.52. The van der Waals surface area contributed by atoms with Crippen molar-refractivity contribution >= 4 is 22.7 Å². The van der Waals surface area contributed by atoms with E-state index in [0.29, 0.717) is 16.4 Å². The minimum atomic E-state index is 0.666. The smallest absolute Gasteiger partial charge is 0.178 e. The topological polar surface area (TPSA) is 38.9 Å². The Morgan fingerprint density at radius 3 is 2.43 bits per heavy atom. The molecule has 0 amide bonds. The molecule has 0 bridgehead atoms. The fourth-order valence-corrected chi connectivity index (χ4v) is 2.79. The van der Waals surface area contributed by atoms with E-state index in [-0.39, 0.29) is 0 Å². The minimum Gasteiger partial charge on any atom is -0.457 e. The molecule has 0 aliphatic carbocycles. The molecule has 4 aromatic rings. The number of benzene rings is 2. The van der Waals surface area contributed by atoms with Crippen LogP contribution in [0.4, 0.5) is 0 Å². The van der Waals surface area contributed by atoms with Crippen LogP contribution in [-0.2, 0) is 0 Å². The molecule has 23 heavy (non-hydrogen) atoms. The van der Waals surface area contributed by atoms with Crippen LogP contribution >= 0.6 is 11.6 Å². The molecule has 4 rings (SSSR count). The van der Waals surface area contributed by atoms with Gasteiger partial charge < -0.3 is 4.42 Å². The van der Waals surface area contributed by atoms with Gasteiger partial charge in [0.15, 0.2) is 11.4 Å². The van der Waals surface area contributed by atoms with Gasteiger partial charge in [-0.3, -0.25) is 0 Å². The maximum atomic E-state index is 6.13. The van der Waals surface area contributed by atoms with E-state index in [4.69, 9.17) is 21.0 Å². The van der Waals surface area contributed by atoms with Crippen molar-refractivity contribution in [2.45, 2.75) is 6.92 Å². The van der Waals surface area contributed by atoms with E-state index in [1.54, 1.807) is 0 Å². The van der Waals surface area contributed by atoms with Gasteiger partial charge in [-0.05, 0) is 19.1 Å². The number of fused-ring (bicyclic) bond motifs is 1. The highest BCUT2D eigenvalue weighted by Gasteiger charge is 2.15. The zero-order chi connectivity index (χ0) is 15.8. The lowest BCUT2D eigenvalue weighted by molar-refractivity contribution is 0.578. The van der Waals surface area contributed by atoms with Crippen LogP contribution in [-0.4, -0.2) is 9.97 Å². The number of halogens is 1. The van der Waals surface area contributed by atoms with Crippen molar-refractivity contribution in [3.63, 3.8) is 0 Å². The van der Waals surface area contributed by atoms with Gasteiger partial charge in [-0.2, -0.15) is 0 Å². The van der Waals surface area contributed by atoms with Crippen molar-refractivity contribution in [3.05, 3.63) is 71.4 Å². The van der Waals surface area contributed by atoms with Crippen molar-refractivity contribution in [2.75, 3.05) is 0 Å². The highest BCUT2D eigenvalue weighted by molar-refractivity contribution is 6.30. The first-order chi connectivity index (χ1) is 11.2. The molecule has 0 unspecified atom stereocenters. The van der Waals surface area contributed by atoms with Crippen molar-refractivity contribution in [2.24, 2.45) is 0 Å². The monoisotopic (exact) mass is 320 g/mol. The minimum absolute atomic E-state index is 0.666. The summed E-state index contributed by atoms with van der Waals surface area (Å²) in [5, 5.41) is 0.666. The molecule has 3 nitrogen and oxygen atoms in total. The third-order valence-corrected chi connectivity index (χ3v) is 3.86. The van der Waals surface area contributed by atoms with E-state index in [1.807, 2.05) is 67.6 Å². The molecule has 2 aromatic heterocycles. The fraction of sp³-hybridized carbons (Fsp3) is 0.0526. The fourth-order valence-electron chi connectivity index (χ4n) is 2.60. The third-order valence-electron chi connectivity index (χ3n) is 3.62. The summed E-state index contributed by atoms with van der Waals surface area (Å²) >= 11 is 6.13. The standard InChI is InChI=1S/C19H13ClN2O/c1-12-10-16-18(23-12)17(14-8-5-9-15(20)11-14)22-19(21-16)13-6-3-2-4-7-13/h2-11H,1H3. The number of aromatic nitrogens is 2. The second-order valence-electron chi connectivity index (χ2n) is 5.34. The number of furan rings is 1. The highest BCUT2D eigenvalue weighted by atomic mass is 35.5. The van der Waals surface area contributed by atoms with Crippen molar-refractivity contribution < 1.29 is 4.42 Å². The summed E-state index contributed by atoms with van der Waals surface area (Å²) < 4.78 is 5.82. The molecule has 0 atom stereocenters. The summed E-state index contributed by atoms with van der Waals surface area (Å²) in [6.45, 7) is 1.91. The molecule has 0 aliphatic heterocycles. The van der Waals surface area contributed by atoms with E-state index < -0.39 is 0 Å². The number of hydrogen-bond donors (Lipinski definition) is 0. The van der Waals surface area contributed by atoms with Crippen molar-refractivity contribution in [3.8, 4) is 22.6 Å². The number of hydrogen-bond acceptors (Lipinski definition) is 3. The van der Waals surface area contributed by atoms with Gasteiger partial charge >= 0.3 is 0 Å². The Morgan fingerprint density at radius 1 is 0.870 bits per heavy atom. The molecule has 0 saturated carbocycles. The molecular weight excluding hydrogens is 308 g/mol. The Labute approximate surface area is 138 Å². The Hall–Kier alpha value is -2.65. The summed E-state index contributed by atoms with van der Waals surface area (Å²) in [6, 6.07) is 19.4. The van der Waals surface area contributed by atoms with Gasteiger partial charge in [-0.15, -0.1) is 0 Å². The normalized spacial score (nSPS) is 11.0. The van der Waals surface area contributed by atoms with Crippen molar-refractivity contribution in [1.82, 2.24) is 9.97 Å². The van der Waals surface area contributed by atoms with Crippen LogP contribution in [0.25, 0.3) is 33.7 Å². The summed E-state index contributed by atoms with van der Waals surface area (Å²) in [4.78, 5) is 9.37. The SMILES string of the molecule is Cc1cc2nc(-c3ccccc3)nc(-c3cccc(Cl)c3)c2o1. The van der Waals surface area contributed by atoms with E-state index in [2.05, 4.69) is 4.98 Å². The van der Waals surface area contributed by atoms with Crippen LogP contribution in [0.3, 0.4) is 0 Å². The van der Waals surface area contributed by atoms with Gasteiger partial charge in [0, 0.05) is 22.2 Å². The quantitative estimate of drug-likeness (QED) is 0.488. The van der Waals surface area contributed by atoms with E-state index in [9.17, 15) is 0 Å². The molecule has 2 heterocycles. The van der Waals surface area contributed by atoms with Crippen LogP contribution < -0.4 is 0 Å². The first-order valence-electron chi connectivity index (χ1n) is 7.30. The lowest BCUT2D eigenvalue weighted by Crippen LogP contribution is -1.93. The summed E-state index contributed by atoms with van der Waals surface area (Å²) in [7, 11) is 0. The Bertz CT molecular complexity index is 993.